The van der Waals surface area contributed by atoms with Crippen LogP contribution in [-0.4, -0.2) is 103 Å². The molecule has 0 spiro atoms. The third-order valence-electron chi connectivity index (χ3n) is 9.40. The van der Waals surface area contributed by atoms with E-state index in [0.29, 0.717) is 24.7 Å². The number of aromatic amines is 2. The van der Waals surface area contributed by atoms with E-state index in [1.807, 2.05) is 27.7 Å². The van der Waals surface area contributed by atoms with Crippen molar-refractivity contribution in [1.82, 2.24) is 50.3 Å². The molecule has 0 saturated carbocycles. The van der Waals surface area contributed by atoms with E-state index in [1.54, 1.807) is 34.6 Å². The SMILES string of the molecule is COC(=O)N[C@@H](C(=O)N1CCC[C@H]1c1ncc(-c2cnc(-c3ncc(-c4cnc([C@@H]5CCCN5C(=O)[C@H](NC(=O)OC)C(C)C)[nH]4)s3)s2)[nH]1)C(C)C. The molecule has 278 valence electrons. The number of rotatable bonds is 11. The molecule has 0 aromatic carbocycles. The summed E-state index contributed by atoms with van der Waals surface area (Å²) < 4.78 is 9.49. The highest BCUT2D eigenvalue weighted by Gasteiger charge is 2.39. The standard InChI is InChI=1S/C34H44N10O6S2/c1-17(2)25(41-33(47)49-5)31(45)43-11-7-9-21(43)27-35-13-19(39-27)23-15-37-29(51-23)30-38-16-24(52-30)20-14-36-28(40-20)22-10-8-12-44(22)32(46)26(18(3)4)42-34(48)50-6/h13-18,21-22,25-26H,7-12H2,1-6H3,(H,35,39)(H,36,40)(H,41,47)(H,42,48)/t21-,22-,25+,26+/m0/s1. The molecule has 0 radical (unpaired) electrons. The molecule has 52 heavy (non-hydrogen) atoms. The van der Waals surface area contributed by atoms with Crippen LogP contribution in [-0.2, 0) is 19.1 Å². The number of likely N-dealkylation sites (tertiary alicyclic amines) is 2. The third-order valence-corrected chi connectivity index (χ3v) is 11.6. The first-order valence-electron chi connectivity index (χ1n) is 17.3. The van der Waals surface area contributed by atoms with Crippen LogP contribution in [0.3, 0.4) is 0 Å². The van der Waals surface area contributed by atoms with E-state index < -0.39 is 24.3 Å². The number of ether oxygens (including phenoxy) is 2. The van der Waals surface area contributed by atoms with Gasteiger partial charge in [-0.05, 0) is 37.5 Å². The van der Waals surface area contributed by atoms with Gasteiger partial charge in [-0.3, -0.25) is 9.59 Å². The van der Waals surface area contributed by atoms with Gasteiger partial charge in [0.05, 0.1) is 59.8 Å². The Morgan fingerprint density at radius 1 is 0.692 bits per heavy atom. The second-order valence-electron chi connectivity index (χ2n) is 13.5. The molecule has 6 rings (SSSR count). The number of methoxy groups -OCH3 is 2. The predicted octanol–water partition coefficient (Wildman–Crippen LogP) is 5.14. The monoisotopic (exact) mass is 752 g/mol. The zero-order valence-electron chi connectivity index (χ0n) is 30.0. The fourth-order valence-corrected chi connectivity index (χ4v) is 8.44. The summed E-state index contributed by atoms with van der Waals surface area (Å²) in [6.07, 6.45) is 8.97. The van der Waals surface area contributed by atoms with E-state index in [4.69, 9.17) is 9.47 Å². The van der Waals surface area contributed by atoms with Crippen molar-refractivity contribution in [2.75, 3.05) is 27.3 Å². The van der Waals surface area contributed by atoms with Crippen LogP contribution in [0.2, 0.25) is 0 Å². The molecular weight excluding hydrogens is 709 g/mol. The van der Waals surface area contributed by atoms with Crippen molar-refractivity contribution in [3.05, 3.63) is 36.4 Å². The van der Waals surface area contributed by atoms with Crippen molar-refractivity contribution in [3.8, 4) is 31.2 Å². The number of H-pyrrole nitrogens is 2. The third kappa shape index (κ3) is 7.67. The molecule has 18 heteroatoms. The van der Waals surface area contributed by atoms with Gasteiger partial charge in [-0.2, -0.15) is 0 Å². The normalized spacial score (nSPS) is 18.5. The Bertz CT molecular complexity index is 1760. The lowest BCUT2D eigenvalue weighted by atomic mass is 10.0. The Balaban J connectivity index is 1.13. The fourth-order valence-electron chi connectivity index (χ4n) is 6.64. The van der Waals surface area contributed by atoms with Crippen molar-refractivity contribution in [2.45, 2.75) is 77.5 Å². The van der Waals surface area contributed by atoms with E-state index in [-0.39, 0.29) is 35.7 Å². The molecule has 16 nitrogen and oxygen atoms in total. The van der Waals surface area contributed by atoms with Crippen molar-refractivity contribution < 1.29 is 28.7 Å². The van der Waals surface area contributed by atoms with Crippen LogP contribution in [0.5, 0.6) is 0 Å². The molecule has 6 heterocycles. The molecule has 4 aromatic rings. The van der Waals surface area contributed by atoms with Gasteiger partial charge in [0.25, 0.3) is 0 Å². The lowest BCUT2D eigenvalue weighted by Crippen LogP contribution is -2.51. The molecule has 0 aliphatic carbocycles. The number of thiazole rings is 2. The van der Waals surface area contributed by atoms with Gasteiger partial charge in [0.1, 0.15) is 23.7 Å². The van der Waals surface area contributed by atoms with Crippen molar-refractivity contribution in [1.29, 1.82) is 0 Å². The minimum absolute atomic E-state index is 0.119. The molecule has 4 amide bonds. The van der Waals surface area contributed by atoms with E-state index in [1.165, 1.54) is 36.9 Å². The van der Waals surface area contributed by atoms with Crippen LogP contribution < -0.4 is 10.6 Å². The van der Waals surface area contributed by atoms with Gasteiger partial charge in [0.2, 0.25) is 11.8 Å². The van der Waals surface area contributed by atoms with Crippen LogP contribution in [0.25, 0.3) is 31.2 Å². The van der Waals surface area contributed by atoms with Gasteiger partial charge < -0.3 is 39.9 Å². The average Bonchev–Trinajstić information content (AvgIpc) is 3.98. The zero-order chi connectivity index (χ0) is 37.1. The topological polar surface area (TPSA) is 200 Å². The van der Waals surface area contributed by atoms with Gasteiger partial charge in [0, 0.05) is 25.5 Å². The van der Waals surface area contributed by atoms with Crippen LogP contribution in [0.15, 0.2) is 24.8 Å². The van der Waals surface area contributed by atoms with Crippen molar-refractivity contribution in [3.63, 3.8) is 0 Å². The van der Waals surface area contributed by atoms with E-state index in [9.17, 15) is 19.2 Å². The van der Waals surface area contributed by atoms with Gasteiger partial charge in [-0.25, -0.2) is 29.5 Å². The van der Waals surface area contributed by atoms with Crippen molar-refractivity contribution >= 4 is 46.7 Å². The number of alkyl carbamates (subject to hydrolysis) is 2. The first-order valence-corrected chi connectivity index (χ1v) is 18.9. The summed E-state index contributed by atoms with van der Waals surface area (Å²) in [4.78, 5) is 81.6. The number of amides is 4. The van der Waals surface area contributed by atoms with Gasteiger partial charge in [0.15, 0.2) is 10.0 Å². The minimum Gasteiger partial charge on any atom is -0.453 e. The number of aromatic nitrogens is 6. The van der Waals surface area contributed by atoms with Gasteiger partial charge in [-0.15, -0.1) is 22.7 Å². The summed E-state index contributed by atoms with van der Waals surface area (Å²) in [5.41, 5.74) is 1.58. The Hall–Kier alpha value is -4.84. The van der Waals surface area contributed by atoms with Gasteiger partial charge >= 0.3 is 12.2 Å². The Labute approximate surface area is 309 Å². The van der Waals surface area contributed by atoms with Crippen LogP contribution in [0, 0.1) is 11.8 Å². The summed E-state index contributed by atoms with van der Waals surface area (Å²) in [5, 5.41) is 6.86. The number of hydrogen-bond acceptors (Lipinski definition) is 12. The first kappa shape index (κ1) is 36.9. The largest absolute Gasteiger partial charge is 0.453 e. The molecule has 2 aliphatic rings. The highest BCUT2D eigenvalue weighted by molar-refractivity contribution is 7.24. The second-order valence-corrected chi connectivity index (χ2v) is 15.6. The lowest BCUT2D eigenvalue weighted by molar-refractivity contribution is -0.136. The number of carbonyl (C=O) groups excluding carboxylic acids is 4. The molecule has 2 aliphatic heterocycles. The first-order chi connectivity index (χ1) is 25.0. The van der Waals surface area contributed by atoms with E-state index >= 15 is 0 Å². The minimum atomic E-state index is -0.705. The maximum absolute atomic E-state index is 13.5. The van der Waals surface area contributed by atoms with Crippen LogP contribution in [0.4, 0.5) is 9.59 Å². The number of nitrogens with one attached hydrogen (secondary N) is 4. The molecule has 2 fully saturated rings. The quantitative estimate of drug-likeness (QED) is 0.159. The summed E-state index contributed by atoms with van der Waals surface area (Å²) in [7, 11) is 2.56. The molecular formula is C34H44N10O6S2. The molecule has 4 atom stereocenters. The molecule has 2 saturated heterocycles. The number of hydrogen-bond donors (Lipinski definition) is 4. The molecule has 4 aromatic heterocycles. The molecule has 0 bridgehead atoms. The maximum Gasteiger partial charge on any atom is 0.407 e. The smallest absolute Gasteiger partial charge is 0.407 e. The van der Waals surface area contributed by atoms with Gasteiger partial charge in [-0.1, -0.05) is 27.7 Å². The molecule has 4 N–H and O–H groups in total. The Morgan fingerprint density at radius 2 is 1.10 bits per heavy atom. The Morgan fingerprint density at radius 3 is 1.46 bits per heavy atom. The van der Waals surface area contributed by atoms with Crippen LogP contribution in [0.1, 0.15) is 77.1 Å². The fraction of sp³-hybridized carbons (Fsp3) is 0.529. The Kier molecular flexibility index (Phi) is 11.2. The summed E-state index contributed by atoms with van der Waals surface area (Å²) in [5.74, 6) is 0.811. The number of imidazole rings is 2. The number of nitrogens with zero attached hydrogens (tertiary/aromatic N) is 6. The molecule has 0 unspecified atom stereocenters. The lowest BCUT2D eigenvalue weighted by Gasteiger charge is -2.30. The second kappa shape index (κ2) is 15.8. The average molecular weight is 753 g/mol. The van der Waals surface area contributed by atoms with E-state index in [2.05, 4.69) is 40.5 Å². The predicted molar refractivity (Wildman–Crippen MR) is 194 cm³/mol. The zero-order valence-corrected chi connectivity index (χ0v) is 31.6. The summed E-state index contributed by atoms with van der Waals surface area (Å²) >= 11 is 2.97. The van der Waals surface area contributed by atoms with Crippen LogP contribution >= 0.6 is 22.7 Å². The maximum atomic E-state index is 13.5. The highest BCUT2D eigenvalue weighted by atomic mass is 32.1. The summed E-state index contributed by atoms with van der Waals surface area (Å²) in [6, 6.07) is -1.89. The highest BCUT2D eigenvalue weighted by Crippen LogP contribution is 2.39. The summed E-state index contributed by atoms with van der Waals surface area (Å²) in [6.45, 7) is 8.70. The van der Waals surface area contributed by atoms with E-state index in [0.717, 1.165) is 56.8 Å². The van der Waals surface area contributed by atoms with Crippen molar-refractivity contribution in [2.24, 2.45) is 11.8 Å². The number of carbonyl (C=O) groups is 4.